The van der Waals surface area contributed by atoms with E-state index in [1.54, 1.807) is 11.3 Å². The number of amides is 2. The Kier molecular flexibility index (Phi) is 5.59. The Morgan fingerprint density at radius 3 is 2.71 bits per heavy atom. The smallest absolute Gasteiger partial charge is 0.230 e. The Labute approximate surface area is 207 Å². The highest BCUT2D eigenvalue weighted by atomic mass is 35.5. The number of hydrogen-bond acceptors (Lipinski definition) is 6. The standard InChI is InChI=1S/C26H27ClN4O2S/c1-15-9-21(26-22(29-15)12-19(34-26)14-31-23(32)4-5-24(31)33)20-11-17(27)10-16-3-2-8-30(25(16)20)18-6-7-28-13-18/h9-12,18,28H,2-8,13-14H2,1H3/t18-/m0/s1. The second-order valence-electron chi connectivity index (χ2n) is 9.52. The summed E-state index contributed by atoms with van der Waals surface area (Å²) >= 11 is 8.28. The largest absolute Gasteiger partial charge is 0.366 e. The molecule has 0 aliphatic carbocycles. The average Bonchev–Trinajstić information content (AvgIpc) is 3.55. The number of carbonyl (C=O) groups is 2. The van der Waals surface area contributed by atoms with E-state index in [0.29, 0.717) is 25.4 Å². The zero-order valence-electron chi connectivity index (χ0n) is 19.2. The number of imide groups is 1. The summed E-state index contributed by atoms with van der Waals surface area (Å²) in [7, 11) is 0. The molecule has 176 valence electrons. The molecule has 1 N–H and O–H groups in total. The van der Waals surface area contributed by atoms with Crippen LogP contribution in [0.5, 0.6) is 0 Å². The Bertz CT molecular complexity index is 1300. The molecule has 0 unspecified atom stereocenters. The quantitative estimate of drug-likeness (QED) is 0.533. The maximum Gasteiger partial charge on any atom is 0.230 e. The Morgan fingerprint density at radius 2 is 1.94 bits per heavy atom. The van der Waals surface area contributed by atoms with E-state index in [1.165, 1.54) is 16.2 Å². The van der Waals surface area contributed by atoms with Crippen LogP contribution >= 0.6 is 22.9 Å². The van der Waals surface area contributed by atoms with Crippen molar-refractivity contribution in [2.45, 2.75) is 51.6 Å². The molecule has 34 heavy (non-hydrogen) atoms. The van der Waals surface area contributed by atoms with Gasteiger partial charge in [0.15, 0.2) is 0 Å². The fraction of sp³-hybridized carbons (Fsp3) is 0.423. The minimum Gasteiger partial charge on any atom is -0.366 e. The van der Waals surface area contributed by atoms with Gasteiger partial charge in [0.1, 0.15) is 0 Å². The molecule has 8 heteroatoms. The third-order valence-corrected chi connectivity index (χ3v) is 8.54. The summed E-state index contributed by atoms with van der Waals surface area (Å²) in [5, 5.41) is 4.28. The second-order valence-corrected chi connectivity index (χ2v) is 11.1. The number of benzene rings is 1. The summed E-state index contributed by atoms with van der Waals surface area (Å²) in [4.78, 5) is 34.1. The number of nitrogens with zero attached hydrogens (tertiary/aromatic N) is 3. The van der Waals surface area contributed by atoms with Crippen LogP contribution in [0.2, 0.25) is 5.02 Å². The van der Waals surface area contributed by atoms with Gasteiger partial charge in [-0.3, -0.25) is 19.5 Å². The van der Waals surface area contributed by atoms with Crippen molar-refractivity contribution in [3.63, 3.8) is 0 Å². The molecule has 5 heterocycles. The van der Waals surface area contributed by atoms with Crippen molar-refractivity contribution in [1.29, 1.82) is 0 Å². The summed E-state index contributed by atoms with van der Waals surface area (Å²) < 4.78 is 1.08. The van der Waals surface area contributed by atoms with Gasteiger partial charge in [0.2, 0.25) is 11.8 Å². The van der Waals surface area contributed by atoms with E-state index in [2.05, 4.69) is 28.4 Å². The molecule has 1 atom stereocenters. The van der Waals surface area contributed by atoms with Gasteiger partial charge in [-0.2, -0.15) is 0 Å². The van der Waals surface area contributed by atoms with Gasteiger partial charge in [-0.25, -0.2) is 0 Å². The van der Waals surface area contributed by atoms with E-state index in [9.17, 15) is 9.59 Å². The first-order chi connectivity index (χ1) is 16.5. The van der Waals surface area contributed by atoms with E-state index >= 15 is 0 Å². The van der Waals surface area contributed by atoms with Crippen molar-refractivity contribution in [3.05, 3.63) is 45.4 Å². The molecular weight excluding hydrogens is 468 g/mol. The molecule has 2 saturated heterocycles. The second kappa shape index (κ2) is 8.63. The molecule has 2 amide bonds. The van der Waals surface area contributed by atoms with E-state index < -0.39 is 0 Å². The molecule has 2 fully saturated rings. The Hall–Kier alpha value is -2.48. The lowest BCUT2D eigenvalue weighted by atomic mass is 9.92. The zero-order valence-corrected chi connectivity index (χ0v) is 20.8. The van der Waals surface area contributed by atoms with Gasteiger partial charge in [0, 0.05) is 64.4 Å². The highest BCUT2D eigenvalue weighted by molar-refractivity contribution is 7.19. The van der Waals surface area contributed by atoms with E-state index in [-0.39, 0.29) is 11.8 Å². The number of hydrogen-bond donors (Lipinski definition) is 1. The van der Waals surface area contributed by atoms with Crippen LogP contribution in [-0.2, 0) is 22.6 Å². The number of anilines is 1. The van der Waals surface area contributed by atoms with Crippen LogP contribution in [-0.4, -0.2) is 47.4 Å². The molecule has 1 aromatic carbocycles. The predicted molar refractivity (Wildman–Crippen MR) is 137 cm³/mol. The number of carbonyl (C=O) groups excluding carboxylic acids is 2. The predicted octanol–water partition coefficient (Wildman–Crippen LogP) is 4.69. The molecule has 0 saturated carbocycles. The number of thiophene rings is 1. The number of rotatable bonds is 4. The lowest BCUT2D eigenvalue weighted by molar-refractivity contribution is -0.138. The van der Waals surface area contributed by atoms with Crippen LogP contribution < -0.4 is 10.2 Å². The monoisotopic (exact) mass is 494 g/mol. The van der Waals surface area contributed by atoms with Gasteiger partial charge in [0.05, 0.1) is 16.8 Å². The van der Waals surface area contributed by atoms with E-state index in [0.717, 1.165) is 75.8 Å². The lowest BCUT2D eigenvalue weighted by Gasteiger charge is -2.38. The highest BCUT2D eigenvalue weighted by Gasteiger charge is 2.31. The number of fused-ring (bicyclic) bond motifs is 2. The molecule has 2 aromatic heterocycles. The number of aryl methyl sites for hydroxylation is 2. The molecular formula is C26H27ClN4O2S. The van der Waals surface area contributed by atoms with Crippen LogP contribution in [0.4, 0.5) is 5.69 Å². The van der Waals surface area contributed by atoms with Crippen molar-refractivity contribution in [3.8, 4) is 11.1 Å². The summed E-state index contributed by atoms with van der Waals surface area (Å²) in [5.74, 6) is -0.173. The van der Waals surface area contributed by atoms with Crippen LogP contribution in [0.1, 0.15) is 41.8 Å². The van der Waals surface area contributed by atoms with Crippen molar-refractivity contribution >= 4 is 50.7 Å². The number of aromatic nitrogens is 1. The van der Waals surface area contributed by atoms with Crippen LogP contribution in [0.15, 0.2) is 24.3 Å². The first-order valence-corrected chi connectivity index (χ1v) is 13.2. The van der Waals surface area contributed by atoms with E-state index in [1.807, 2.05) is 13.0 Å². The fourth-order valence-electron chi connectivity index (χ4n) is 5.65. The summed E-state index contributed by atoms with van der Waals surface area (Å²) in [5.41, 5.74) is 6.76. The third kappa shape index (κ3) is 3.80. The van der Waals surface area contributed by atoms with Crippen molar-refractivity contribution in [2.24, 2.45) is 0 Å². The van der Waals surface area contributed by atoms with Gasteiger partial charge in [-0.15, -0.1) is 11.3 Å². The zero-order chi connectivity index (χ0) is 23.4. The van der Waals surface area contributed by atoms with Crippen molar-refractivity contribution in [2.75, 3.05) is 24.5 Å². The Balaban J connectivity index is 1.49. The SMILES string of the molecule is Cc1cc(-c2cc(Cl)cc3c2N([C@H]2CCNC2)CCC3)c2sc(CN3C(=O)CCC3=O)cc2n1. The molecule has 0 bridgehead atoms. The Morgan fingerprint density at radius 1 is 1.12 bits per heavy atom. The average molecular weight is 495 g/mol. The maximum atomic E-state index is 12.2. The molecule has 6 rings (SSSR count). The van der Waals surface area contributed by atoms with Gasteiger partial charge in [0.25, 0.3) is 0 Å². The molecule has 3 aromatic rings. The number of halogens is 1. The van der Waals surface area contributed by atoms with Crippen LogP contribution in [0, 0.1) is 6.92 Å². The lowest BCUT2D eigenvalue weighted by Crippen LogP contribution is -2.40. The van der Waals surface area contributed by atoms with Crippen molar-refractivity contribution < 1.29 is 9.59 Å². The van der Waals surface area contributed by atoms with E-state index in [4.69, 9.17) is 16.6 Å². The molecule has 3 aliphatic rings. The van der Waals surface area contributed by atoms with Crippen molar-refractivity contribution in [1.82, 2.24) is 15.2 Å². The fourth-order valence-corrected chi connectivity index (χ4v) is 7.00. The topological polar surface area (TPSA) is 65.5 Å². The maximum absolute atomic E-state index is 12.2. The molecule has 6 nitrogen and oxygen atoms in total. The van der Waals surface area contributed by atoms with Gasteiger partial charge >= 0.3 is 0 Å². The van der Waals surface area contributed by atoms with Gasteiger partial charge in [-0.05, 0) is 62.6 Å². The third-order valence-electron chi connectivity index (χ3n) is 7.18. The number of nitrogens with one attached hydrogen (secondary N) is 1. The highest BCUT2D eigenvalue weighted by Crippen LogP contribution is 2.45. The normalized spacial score (nSPS) is 20.6. The van der Waals surface area contributed by atoms with Crippen LogP contribution in [0.3, 0.4) is 0 Å². The van der Waals surface area contributed by atoms with Gasteiger partial charge in [-0.1, -0.05) is 11.6 Å². The summed E-state index contributed by atoms with van der Waals surface area (Å²) in [6.07, 6.45) is 3.93. The molecule has 3 aliphatic heterocycles. The first-order valence-electron chi connectivity index (χ1n) is 12.0. The first kappa shape index (κ1) is 22.0. The van der Waals surface area contributed by atoms with Crippen LogP contribution in [0.25, 0.3) is 21.3 Å². The minimum atomic E-state index is -0.0865. The number of pyridine rings is 1. The molecule has 0 radical (unpaired) electrons. The summed E-state index contributed by atoms with van der Waals surface area (Å²) in [6.45, 7) is 5.46. The number of likely N-dealkylation sites (tertiary alicyclic amines) is 1. The molecule has 0 spiro atoms. The summed E-state index contributed by atoms with van der Waals surface area (Å²) in [6, 6.07) is 8.90. The minimum absolute atomic E-state index is 0.0865. The van der Waals surface area contributed by atoms with Gasteiger partial charge < -0.3 is 10.2 Å².